The highest BCUT2D eigenvalue weighted by atomic mass is 15.1. The Morgan fingerprint density at radius 3 is 2.82 bits per heavy atom. The van der Waals surface area contributed by atoms with Crippen LogP contribution in [0.5, 0.6) is 0 Å². The van der Waals surface area contributed by atoms with Crippen molar-refractivity contribution >= 4 is 0 Å². The molecule has 1 heterocycles. The summed E-state index contributed by atoms with van der Waals surface area (Å²) >= 11 is 0. The zero-order valence-corrected chi connectivity index (χ0v) is 10.9. The molecule has 1 aromatic heterocycles. The van der Waals surface area contributed by atoms with Crippen LogP contribution < -0.4 is 5.32 Å². The molecule has 17 heavy (non-hydrogen) atoms. The van der Waals surface area contributed by atoms with Gasteiger partial charge < -0.3 is 9.88 Å². The lowest BCUT2D eigenvalue weighted by molar-refractivity contribution is 0.396. The van der Waals surface area contributed by atoms with Crippen molar-refractivity contribution in [1.29, 1.82) is 0 Å². The number of fused-ring (bicyclic) bond motifs is 1. The summed E-state index contributed by atoms with van der Waals surface area (Å²) in [7, 11) is 0. The van der Waals surface area contributed by atoms with E-state index in [0.29, 0.717) is 6.04 Å². The van der Waals surface area contributed by atoms with E-state index in [0.717, 1.165) is 30.8 Å². The van der Waals surface area contributed by atoms with Crippen LogP contribution in [0.2, 0.25) is 0 Å². The van der Waals surface area contributed by atoms with E-state index >= 15 is 0 Å². The second-order valence-electron chi connectivity index (χ2n) is 5.44. The normalized spacial score (nSPS) is 32.5. The van der Waals surface area contributed by atoms with Crippen molar-refractivity contribution in [2.75, 3.05) is 6.54 Å². The molecule has 2 aliphatic carbocycles. The fraction of sp³-hybridized carbons (Fsp3) is 0.786. The summed E-state index contributed by atoms with van der Waals surface area (Å²) in [5.74, 6) is 4.09. The number of aryl methyl sites for hydroxylation is 1. The van der Waals surface area contributed by atoms with Gasteiger partial charge in [-0.05, 0) is 44.1 Å². The van der Waals surface area contributed by atoms with E-state index in [9.17, 15) is 0 Å². The van der Waals surface area contributed by atoms with Gasteiger partial charge in [0.2, 0.25) is 0 Å². The average molecular weight is 233 g/mol. The van der Waals surface area contributed by atoms with Crippen molar-refractivity contribution < 1.29 is 0 Å². The highest BCUT2D eigenvalue weighted by Crippen LogP contribution is 2.61. The highest BCUT2D eigenvalue weighted by Gasteiger charge is 2.56. The fourth-order valence-corrected chi connectivity index (χ4v) is 3.86. The number of hydrogen-bond acceptors (Lipinski definition) is 2. The molecule has 1 N–H and O–H groups in total. The summed E-state index contributed by atoms with van der Waals surface area (Å²) in [5, 5.41) is 3.67. The van der Waals surface area contributed by atoms with E-state index < -0.39 is 0 Å². The maximum Gasteiger partial charge on any atom is 0.126 e. The summed E-state index contributed by atoms with van der Waals surface area (Å²) in [6, 6.07) is 0.491. The zero-order chi connectivity index (χ0) is 11.8. The molecule has 0 saturated heterocycles. The minimum atomic E-state index is 0.491. The minimum absolute atomic E-state index is 0.491. The van der Waals surface area contributed by atoms with Crippen LogP contribution in [0, 0.1) is 17.8 Å². The Labute approximate surface area is 104 Å². The largest absolute Gasteiger partial charge is 0.334 e. The molecule has 0 amide bonds. The maximum absolute atomic E-state index is 4.59. The van der Waals surface area contributed by atoms with Gasteiger partial charge in [-0.25, -0.2) is 4.98 Å². The van der Waals surface area contributed by atoms with Crippen molar-refractivity contribution in [1.82, 2.24) is 14.9 Å². The molecule has 1 aromatic rings. The van der Waals surface area contributed by atoms with Gasteiger partial charge in [-0.2, -0.15) is 0 Å². The number of imidazole rings is 1. The minimum Gasteiger partial charge on any atom is -0.334 e. The van der Waals surface area contributed by atoms with Gasteiger partial charge in [-0.1, -0.05) is 13.3 Å². The summed E-state index contributed by atoms with van der Waals surface area (Å²) in [6.07, 6.45) is 8.40. The van der Waals surface area contributed by atoms with E-state index in [1.165, 1.54) is 25.1 Å². The second-order valence-corrected chi connectivity index (χ2v) is 5.44. The van der Waals surface area contributed by atoms with Gasteiger partial charge in [0.1, 0.15) is 5.82 Å². The van der Waals surface area contributed by atoms with Crippen LogP contribution in [0.4, 0.5) is 0 Å². The molecular weight excluding hydrogens is 210 g/mol. The van der Waals surface area contributed by atoms with Crippen LogP contribution >= 0.6 is 0 Å². The topological polar surface area (TPSA) is 29.9 Å². The van der Waals surface area contributed by atoms with Crippen LogP contribution in [-0.2, 0) is 6.54 Å². The van der Waals surface area contributed by atoms with Gasteiger partial charge in [-0.15, -0.1) is 0 Å². The number of hydrogen-bond donors (Lipinski definition) is 1. The first kappa shape index (κ1) is 11.3. The number of nitrogens with one attached hydrogen (secondary N) is 1. The monoisotopic (exact) mass is 233 g/mol. The van der Waals surface area contributed by atoms with E-state index in [-0.39, 0.29) is 0 Å². The van der Waals surface area contributed by atoms with Gasteiger partial charge in [-0.3, -0.25) is 0 Å². The molecule has 0 aliphatic heterocycles. The Morgan fingerprint density at radius 2 is 2.18 bits per heavy atom. The Kier molecular flexibility index (Phi) is 2.95. The molecule has 0 radical (unpaired) electrons. The molecule has 3 unspecified atom stereocenters. The Bertz CT molecular complexity index is 375. The summed E-state index contributed by atoms with van der Waals surface area (Å²) in [6.45, 7) is 6.46. The van der Waals surface area contributed by atoms with E-state index in [4.69, 9.17) is 0 Å². The molecular formula is C14H23N3. The molecule has 2 saturated carbocycles. The fourth-order valence-electron chi connectivity index (χ4n) is 3.86. The van der Waals surface area contributed by atoms with Crippen LogP contribution in [0.15, 0.2) is 12.4 Å². The molecule has 2 aliphatic rings. The van der Waals surface area contributed by atoms with Gasteiger partial charge in [0, 0.05) is 18.9 Å². The SMILES string of the molecule is CCNC(c1nccn1CC)C1C2CCCC21. The van der Waals surface area contributed by atoms with Gasteiger partial charge in [0.15, 0.2) is 0 Å². The lowest BCUT2D eigenvalue weighted by Gasteiger charge is -2.20. The Balaban J connectivity index is 1.81. The van der Waals surface area contributed by atoms with E-state index in [2.05, 4.69) is 34.9 Å². The zero-order valence-electron chi connectivity index (χ0n) is 10.9. The Morgan fingerprint density at radius 1 is 1.41 bits per heavy atom. The molecule has 2 fully saturated rings. The number of nitrogens with zero attached hydrogens (tertiary/aromatic N) is 2. The molecule has 0 aromatic carbocycles. The van der Waals surface area contributed by atoms with Crippen molar-refractivity contribution in [2.24, 2.45) is 17.8 Å². The van der Waals surface area contributed by atoms with Crippen molar-refractivity contribution in [2.45, 2.75) is 45.7 Å². The van der Waals surface area contributed by atoms with Crippen LogP contribution in [0.1, 0.15) is 45.0 Å². The molecule has 3 atom stereocenters. The van der Waals surface area contributed by atoms with Gasteiger partial charge >= 0.3 is 0 Å². The standard InChI is InChI=1S/C14H23N3/c1-3-15-13(12-10-6-5-7-11(10)12)14-16-8-9-17(14)4-2/h8-13,15H,3-7H2,1-2H3. The lowest BCUT2D eigenvalue weighted by atomic mass is 10.0. The third-order valence-corrected chi connectivity index (χ3v) is 4.65. The van der Waals surface area contributed by atoms with Crippen molar-refractivity contribution in [3.63, 3.8) is 0 Å². The first-order valence-electron chi connectivity index (χ1n) is 7.11. The lowest BCUT2D eigenvalue weighted by Crippen LogP contribution is -2.27. The van der Waals surface area contributed by atoms with Crippen LogP contribution in [0.3, 0.4) is 0 Å². The molecule has 3 nitrogen and oxygen atoms in total. The van der Waals surface area contributed by atoms with Crippen molar-refractivity contribution in [3.8, 4) is 0 Å². The molecule has 3 rings (SSSR count). The van der Waals surface area contributed by atoms with Gasteiger partial charge in [0.05, 0.1) is 6.04 Å². The molecule has 3 heteroatoms. The molecule has 0 bridgehead atoms. The molecule has 94 valence electrons. The maximum atomic E-state index is 4.59. The Hall–Kier alpha value is -0.830. The first-order chi connectivity index (χ1) is 8.36. The molecule has 0 spiro atoms. The third kappa shape index (κ3) is 1.81. The predicted octanol–water partition coefficient (Wildman–Crippen LogP) is 2.60. The highest BCUT2D eigenvalue weighted by molar-refractivity contribution is 5.13. The van der Waals surface area contributed by atoms with Crippen LogP contribution in [-0.4, -0.2) is 16.1 Å². The number of rotatable bonds is 5. The second kappa shape index (κ2) is 4.45. The summed E-state index contributed by atoms with van der Waals surface area (Å²) in [4.78, 5) is 4.59. The van der Waals surface area contributed by atoms with E-state index in [1.807, 2.05) is 6.20 Å². The smallest absolute Gasteiger partial charge is 0.126 e. The van der Waals surface area contributed by atoms with Crippen LogP contribution in [0.25, 0.3) is 0 Å². The quantitative estimate of drug-likeness (QED) is 0.847. The predicted molar refractivity (Wildman–Crippen MR) is 68.6 cm³/mol. The van der Waals surface area contributed by atoms with Crippen molar-refractivity contribution in [3.05, 3.63) is 18.2 Å². The average Bonchev–Trinajstić information content (AvgIpc) is 2.78. The van der Waals surface area contributed by atoms with E-state index in [1.54, 1.807) is 0 Å². The first-order valence-corrected chi connectivity index (χ1v) is 7.11. The summed E-state index contributed by atoms with van der Waals surface area (Å²) < 4.78 is 2.29. The number of aromatic nitrogens is 2. The summed E-state index contributed by atoms with van der Waals surface area (Å²) in [5.41, 5.74) is 0. The van der Waals surface area contributed by atoms with Gasteiger partial charge in [0.25, 0.3) is 0 Å². The third-order valence-electron chi connectivity index (χ3n) is 4.65.